The molecule has 0 amide bonds. The summed E-state index contributed by atoms with van der Waals surface area (Å²) in [6.07, 6.45) is 2.36. The van der Waals surface area contributed by atoms with Crippen LogP contribution in [0, 0.1) is 12.8 Å². The van der Waals surface area contributed by atoms with Gasteiger partial charge in [0.15, 0.2) is 0 Å². The van der Waals surface area contributed by atoms with E-state index in [4.69, 9.17) is 0 Å². The van der Waals surface area contributed by atoms with Crippen LogP contribution in [0.5, 0.6) is 0 Å². The van der Waals surface area contributed by atoms with Gasteiger partial charge in [-0.2, -0.15) is 0 Å². The van der Waals surface area contributed by atoms with Gasteiger partial charge in [-0.3, -0.25) is 0 Å². The SMILES string of the molecule is CC1=Cc2cccc(-c3ccc(C)cc3)c2C1C(C)C. The van der Waals surface area contributed by atoms with Crippen molar-refractivity contribution in [2.24, 2.45) is 5.92 Å². The van der Waals surface area contributed by atoms with Crippen LogP contribution < -0.4 is 0 Å². The highest BCUT2D eigenvalue weighted by Gasteiger charge is 2.27. The summed E-state index contributed by atoms with van der Waals surface area (Å²) in [7, 11) is 0. The molecule has 0 saturated carbocycles. The zero-order valence-corrected chi connectivity index (χ0v) is 12.8. The van der Waals surface area contributed by atoms with Crippen LogP contribution >= 0.6 is 0 Å². The first-order valence-electron chi connectivity index (χ1n) is 7.46. The highest BCUT2D eigenvalue weighted by molar-refractivity contribution is 5.79. The van der Waals surface area contributed by atoms with Crippen LogP contribution in [0.2, 0.25) is 0 Å². The van der Waals surface area contributed by atoms with Gasteiger partial charge in [-0.05, 0) is 42.0 Å². The first-order valence-corrected chi connectivity index (χ1v) is 7.46. The maximum absolute atomic E-state index is 2.36. The Hall–Kier alpha value is -1.82. The van der Waals surface area contributed by atoms with Gasteiger partial charge in [0.1, 0.15) is 0 Å². The molecule has 0 saturated heterocycles. The number of hydrogen-bond donors (Lipinski definition) is 0. The fourth-order valence-electron chi connectivity index (χ4n) is 3.46. The van der Waals surface area contributed by atoms with Crippen LogP contribution in [0.4, 0.5) is 0 Å². The van der Waals surface area contributed by atoms with E-state index in [9.17, 15) is 0 Å². The van der Waals surface area contributed by atoms with E-state index < -0.39 is 0 Å². The summed E-state index contributed by atoms with van der Waals surface area (Å²) in [6.45, 7) is 9.05. The number of benzene rings is 2. The number of rotatable bonds is 2. The monoisotopic (exact) mass is 262 g/mol. The molecule has 0 N–H and O–H groups in total. The Morgan fingerprint density at radius 1 is 0.900 bits per heavy atom. The van der Waals surface area contributed by atoms with Crippen molar-refractivity contribution in [2.45, 2.75) is 33.6 Å². The predicted octanol–water partition coefficient (Wildman–Crippen LogP) is 5.82. The van der Waals surface area contributed by atoms with Crippen LogP contribution in [0.1, 0.15) is 43.4 Å². The van der Waals surface area contributed by atoms with Gasteiger partial charge in [0.05, 0.1) is 0 Å². The lowest BCUT2D eigenvalue weighted by Crippen LogP contribution is -2.07. The minimum absolute atomic E-state index is 0.558. The van der Waals surface area contributed by atoms with Crippen molar-refractivity contribution < 1.29 is 0 Å². The second kappa shape index (κ2) is 4.94. The molecule has 0 spiro atoms. The molecule has 2 aromatic carbocycles. The van der Waals surface area contributed by atoms with E-state index in [2.05, 4.69) is 76.2 Å². The molecule has 102 valence electrons. The third kappa shape index (κ3) is 2.10. The van der Waals surface area contributed by atoms with Crippen LogP contribution in [-0.4, -0.2) is 0 Å². The molecule has 0 aromatic heterocycles. The van der Waals surface area contributed by atoms with E-state index in [1.54, 1.807) is 0 Å². The number of allylic oxidation sites excluding steroid dienone is 1. The van der Waals surface area contributed by atoms with Crippen LogP contribution in [0.3, 0.4) is 0 Å². The molecular formula is C20H22. The van der Waals surface area contributed by atoms with E-state index >= 15 is 0 Å². The van der Waals surface area contributed by atoms with Gasteiger partial charge in [-0.1, -0.05) is 73.5 Å². The summed E-state index contributed by atoms with van der Waals surface area (Å²) in [6, 6.07) is 15.6. The molecule has 0 heteroatoms. The summed E-state index contributed by atoms with van der Waals surface area (Å²) in [5.41, 5.74) is 8.46. The van der Waals surface area contributed by atoms with Gasteiger partial charge in [0, 0.05) is 5.92 Å². The molecule has 0 aliphatic heterocycles. The van der Waals surface area contributed by atoms with Gasteiger partial charge in [0.25, 0.3) is 0 Å². The van der Waals surface area contributed by atoms with E-state index in [0.717, 1.165) is 0 Å². The smallest absolute Gasteiger partial charge is 0.00838 e. The van der Waals surface area contributed by atoms with Crippen LogP contribution in [-0.2, 0) is 0 Å². The minimum atomic E-state index is 0.558. The summed E-state index contributed by atoms with van der Waals surface area (Å²) < 4.78 is 0. The van der Waals surface area contributed by atoms with Gasteiger partial charge in [-0.25, -0.2) is 0 Å². The number of hydrogen-bond acceptors (Lipinski definition) is 0. The average Bonchev–Trinajstić information content (AvgIpc) is 2.75. The van der Waals surface area contributed by atoms with Crippen molar-refractivity contribution in [3.8, 4) is 11.1 Å². The summed E-state index contributed by atoms with van der Waals surface area (Å²) in [5, 5.41) is 0. The quantitative estimate of drug-likeness (QED) is 0.640. The Morgan fingerprint density at radius 3 is 2.25 bits per heavy atom. The van der Waals surface area contributed by atoms with Crippen molar-refractivity contribution in [3.05, 3.63) is 64.7 Å². The van der Waals surface area contributed by atoms with Gasteiger partial charge in [-0.15, -0.1) is 0 Å². The molecule has 0 nitrogen and oxygen atoms in total. The van der Waals surface area contributed by atoms with Gasteiger partial charge < -0.3 is 0 Å². The Balaban J connectivity index is 2.17. The molecule has 0 heterocycles. The lowest BCUT2D eigenvalue weighted by Gasteiger charge is -2.22. The third-order valence-corrected chi connectivity index (χ3v) is 4.35. The third-order valence-electron chi connectivity index (χ3n) is 4.35. The molecular weight excluding hydrogens is 240 g/mol. The molecule has 0 radical (unpaired) electrons. The zero-order valence-electron chi connectivity index (χ0n) is 12.8. The van der Waals surface area contributed by atoms with Crippen LogP contribution in [0.25, 0.3) is 17.2 Å². The molecule has 1 unspecified atom stereocenters. The van der Waals surface area contributed by atoms with E-state index in [0.29, 0.717) is 11.8 Å². The second-order valence-corrected chi connectivity index (χ2v) is 6.28. The Bertz CT molecular complexity index is 657. The van der Waals surface area contributed by atoms with Crippen molar-refractivity contribution in [2.75, 3.05) is 0 Å². The number of aryl methyl sites for hydroxylation is 1. The fraction of sp³-hybridized carbons (Fsp3) is 0.300. The molecule has 3 rings (SSSR count). The molecule has 2 aromatic rings. The largest absolute Gasteiger partial charge is 0.0649 e. The predicted molar refractivity (Wildman–Crippen MR) is 87.8 cm³/mol. The highest BCUT2D eigenvalue weighted by atomic mass is 14.3. The fourth-order valence-corrected chi connectivity index (χ4v) is 3.46. The maximum atomic E-state index is 2.36. The lowest BCUT2D eigenvalue weighted by atomic mass is 9.82. The zero-order chi connectivity index (χ0) is 14.3. The summed E-state index contributed by atoms with van der Waals surface area (Å²) in [5.74, 6) is 1.20. The molecule has 1 aliphatic rings. The molecule has 20 heavy (non-hydrogen) atoms. The van der Waals surface area contributed by atoms with Crippen molar-refractivity contribution in [1.82, 2.24) is 0 Å². The Morgan fingerprint density at radius 2 is 1.60 bits per heavy atom. The maximum Gasteiger partial charge on any atom is 0.00838 e. The second-order valence-electron chi connectivity index (χ2n) is 6.28. The lowest BCUT2D eigenvalue weighted by molar-refractivity contribution is 0.564. The minimum Gasteiger partial charge on any atom is -0.0649 e. The number of fused-ring (bicyclic) bond motifs is 1. The summed E-state index contributed by atoms with van der Waals surface area (Å²) in [4.78, 5) is 0. The van der Waals surface area contributed by atoms with Crippen molar-refractivity contribution in [3.63, 3.8) is 0 Å². The Kier molecular flexibility index (Phi) is 3.25. The Labute approximate surface area is 122 Å². The first-order chi connectivity index (χ1) is 9.58. The van der Waals surface area contributed by atoms with Crippen molar-refractivity contribution in [1.29, 1.82) is 0 Å². The van der Waals surface area contributed by atoms with Gasteiger partial charge in [0.2, 0.25) is 0 Å². The van der Waals surface area contributed by atoms with Crippen molar-refractivity contribution >= 4 is 6.08 Å². The van der Waals surface area contributed by atoms with Gasteiger partial charge >= 0.3 is 0 Å². The topological polar surface area (TPSA) is 0 Å². The normalized spacial score (nSPS) is 17.2. The average molecular weight is 262 g/mol. The molecule has 1 aliphatic carbocycles. The standard InChI is InChI=1S/C20H22/c1-13(2)19-15(4)12-17-6-5-7-18(20(17)19)16-10-8-14(3)9-11-16/h5-13,19H,1-4H3. The van der Waals surface area contributed by atoms with E-state index in [1.165, 1.54) is 33.4 Å². The first kappa shape index (κ1) is 13.2. The molecule has 0 bridgehead atoms. The van der Waals surface area contributed by atoms with E-state index in [1.807, 2.05) is 0 Å². The molecule has 1 atom stereocenters. The highest BCUT2D eigenvalue weighted by Crippen LogP contribution is 2.45. The van der Waals surface area contributed by atoms with Crippen LogP contribution in [0.15, 0.2) is 48.0 Å². The van der Waals surface area contributed by atoms with E-state index in [-0.39, 0.29) is 0 Å². The summed E-state index contributed by atoms with van der Waals surface area (Å²) >= 11 is 0. The molecule has 0 fully saturated rings.